The van der Waals surface area contributed by atoms with E-state index in [-0.39, 0.29) is 0 Å². The topological polar surface area (TPSA) is 12.0 Å². The van der Waals surface area contributed by atoms with Crippen molar-refractivity contribution in [1.29, 1.82) is 0 Å². The SMILES string of the molecule is CCNC(C)CCc1cccc(Cl)c1. The zero-order valence-corrected chi connectivity index (χ0v) is 9.64. The summed E-state index contributed by atoms with van der Waals surface area (Å²) in [5.74, 6) is 0. The third-order valence-corrected chi connectivity index (χ3v) is 2.54. The van der Waals surface area contributed by atoms with Crippen LogP contribution in [0.1, 0.15) is 25.8 Å². The second-order valence-electron chi connectivity index (χ2n) is 3.63. The molecule has 0 bridgehead atoms. The van der Waals surface area contributed by atoms with E-state index in [2.05, 4.69) is 25.2 Å². The van der Waals surface area contributed by atoms with Gasteiger partial charge in [-0.1, -0.05) is 30.7 Å². The zero-order chi connectivity index (χ0) is 10.4. The molecule has 0 aliphatic carbocycles. The third-order valence-electron chi connectivity index (χ3n) is 2.31. The van der Waals surface area contributed by atoms with E-state index in [1.807, 2.05) is 18.2 Å². The fourth-order valence-electron chi connectivity index (χ4n) is 1.53. The number of hydrogen-bond acceptors (Lipinski definition) is 1. The molecule has 1 atom stereocenters. The highest BCUT2D eigenvalue weighted by Gasteiger charge is 2.00. The van der Waals surface area contributed by atoms with Crippen molar-refractivity contribution < 1.29 is 0 Å². The molecule has 0 aromatic heterocycles. The van der Waals surface area contributed by atoms with E-state index in [9.17, 15) is 0 Å². The average molecular weight is 212 g/mol. The van der Waals surface area contributed by atoms with E-state index in [1.54, 1.807) is 0 Å². The fourth-order valence-corrected chi connectivity index (χ4v) is 1.74. The number of rotatable bonds is 5. The molecule has 0 radical (unpaired) electrons. The van der Waals surface area contributed by atoms with Crippen LogP contribution in [0.2, 0.25) is 5.02 Å². The molecule has 0 amide bonds. The summed E-state index contributed by atoms with van der Waals surface area (Å²) in [6.45, 7) is 5.39. The van der Waals surface area contributed by atoms with Crippen LogP contribution in [0.3, 0.4) is 0 Å². The maximum absolute atomic E-state index is 5.91. The quantitative estimate of drug-likeness (QED) is 0.789. The van der Waals surface area contributed by atoms with Crippen molar-refractivity contribution in [2.75, 3.05) is 6.54 Å². The Morgan fingerprint density at radius 2 is 2.21 bits per heavy atom. The van der Waals surface area contributed by atoms with Crippen molar-refractivity contribution >= 4 is 11.6 Å². The van der Waals surface area contributed by atoms with Crippen LogP contribution in [0, 0.1) is 0 Å². The molecule has 14 heavy (non-hydrogen) atoms. The summed E-state index contributed by atoms with van der Waals surface area (Å²) >= 11 is 5.91. The number of nitrogens with one attached hydrogen (secondary N) is 1. The smallest absolute Gasteiger partial charge is 0.0408 e. The summed E-state index contributed by atoms with van der Waals surface area (Å²) in [5.41, 5.74) is 1.32. The molecule has 1 aromatic carbocycles. The van der Waals surface area contributed by atoms with Gasteiger partial charge in [-0.15, -0.1) is 0 Å². The molecule has 2 heteroatoms. The second kappa shape index (κ2) is 6.05. The first kappa shape index (κ1) is 11.5. The molecule has 0 fully saturated rings. The molecule has 78 valence electrons. The van der Waals surface area contributed by atoms with Crippen LogP contribution in [0.4, 0.5) is 0 Å². The molecule has 0 aliphatic heterocycles. The summed E-state index contributed by atoms with van der Waals surface area (Å²) in [4.78, 5) is 0. The molecule has 0 heterocycles. The molecule has 0 aliphatic rings. The van der Waals surface area contributed by atoms with Crippen molar-refractivity contribution in [1.82, 2.24) is 5.32 Å². The molecule has 1 aromatic rings. The Kier molecular flexibility index (Phi) is 4.99. The average Bonchev–Trinajstić information content (AvgIpc) is 2.15. The Labute approximate surface area is 91.5 Å². The van der Waals surface area contributed by atoms with Gasteiger partial charge in [0.2, 0.25) is 0 Å². The minimum absolute atomic E-state index is 0.582. The van der Waals surface area contributed by atoms with Gasteiger partial charge in [0.05, 0.1) is 0 Å². The molecule has 0 saturated heterocycles. The van der Waals surface area contributed by atoms with Crippen LogP contribution in [-0.4, -0.2) is 12.6 Å². The first-order valence-electron chi connectivity index (χ1n) is 5.20. The Morgan fingerprint density at radius 1 is 1.43 bits per heavy atom. The fraction of sp³-hybridized carbons (Fsp3) is 0.500. The van der Waals surface area contributed by atoms with E-state index in [0.717, 1.165) is 24.4 Å². The molecule has 1 nitrogen and oxygen atoms in total. The number of hydrogen-bond donors (Lipinski definition) is 1. The maximum atomic E-state index is 5.91. The molecule has 1 N–H and O–H groups in total. The highest BCUT2D eigenvalue weighted by molar-refractivity contribution is 6.30. The summed E-state index contributed by atoms with van der Waals surface area (Å²) in [5, 5.41) is 4.23. The summed E-state index contributed by atoms with van der Waals surface area (Å²) in [7, 11) is 0. The van der Waals surface area contributed by atoms with Gasteiger partial charge in [0, 0.05) is 11.1 Å². The van der Waals surface area contributed by atoms with Crippen molar-refractivity contribution in [3.63, 3.8) is 0 Å². The Hall–Kier alpha value is -0.530. The zero-order valence-electron chi connectivity index (χ0n) is 8.89. The van der Waals surface area contributed by atoms with Crippen molar-refractivity contribution in [2.45, 2.75) is 32.7 Å². The first-order valence-corrected chi connectivity index (χ1v) is 5.58. The van der Waals surface area contributed by atoms with Gasteiger partial charge in [-0.3, -0.25) is 0 Å². The molecule has 1 rings (SSSR count). The predicted molar refractivity (Wildman–Crippen MR) is 62.9 cm³/mol. The van der Waals surface area contributed by atoms with E-state index < -0.39 is 0 Å². The first-order chi connectivity index (χ1) is 6.72. The van der Waals surface area contributed by atoms with E-state index >= 15 is 0 Å². The standard InChI is InChI=1S/C12H18ClN/c1-3-14-10(2)7-8-11-5-4-6-12(13)9-11/h4-6,9-10,14H,3,7-8H2,1-2H3. The van der Waals surface area contributed by atoms with Crippen LogP contribution in [-0.2, 0) is 6.42 Å². The number of benzene rings is 1. The molecular formula is C12H18ClN. The molecule has 0 spiro atoms. The van der Waals surface area contributed by atoms with Gasteiger partial charge in [-0.25, -0.2) is 0 Å². The Bertz CT molecular complexity index is 273. The van der Waals surface area contributed by atoms with Gasteiger partial charge in [0.15, 0.2) is 0 Å². The molecular weight excluding hydrogens is 194 g/mol. The Balaban J connectivity index is 2.37. The highest BCUT2D eigenvalue weighted by Crippen LogP contribution is 2.12. The predicted octanol–water partition coefficient (Wildman–Crippen LogP) is 3.27. The lowest BCUT2D eigenvalue weighted by atomic mass is 10.1. The van der Waals surface area contributed by atoms with Gasteiger partial charge in [-0.05, 0) is 44.0 Å². The van der Waals surface area contributed by atoms with E-state index in [1.165, 1.54) is 5.56 Å². The lowest BCUT2D eigenvalue weighted by Crippen LogP contribution is -2.25. The van der Waals surface area contributed by atoms with Gasteiger partial charge in [-0.2, -0.15) is 0 Å². The van der Waals surface area contributed by atoms with Crippen molar-refractivity contribution in [3.8, 4) is 0 Å². The third kappa shape index (κ3) is 4.12. The second-order valence-corrected chi connectivity index (χ2v) is 4.06. The van der Waals surface area contributed by atoms with Crippen molar-refractivity contribution in [3.05, 3.63) is 34.9 Å². The molecule has 0 saturated carbocycles. The largest absolute Gasteiger partial charge is 0.315 e. The normalized spacial score (nSPS) is 12.8. The number of aryl methyl sites for hydroxylation is 1. The van der Waals surface area contributed by atoms with Gasteiger partial charge >= 0.3 is 0 Å². The lowest BCUT2D eigenvalue weighted by molar-refractivity contribution is 0.530. The lowest BCUT2D eigenvalue weighted by Gasteiger charge is -2.11. The minimum Gasteiger partial charge on any atom is -0.315 e. The maximum Gasteiger partial charge on any atom is 0.0408 e. The van der Waals surface area contributed by atoms with Crippen LogP contribution in [0.25, 0.3) is 0 Å². The van der Waals surface area contributed by atoms with Crippen LogP contribution in [0.15, 0.2) is 24.3 Å². The molecule has 1 unspecified atom stereocenters. The van der Waals surface area contributed by atoms with E-state index in [0.29, 0.717) is 6.04 Å². The minimum atomic E-state index is 0.582. The summed E-state index contributed by atoms with van der Waals surface area (Å²) in [6, 6.07) is 8.68. The Morgan fingerprint density at radius 3 is 2.86 bits per heavy atom. The highest BCUT2D eigenvalue weighted by atomic mass is 35.5. The van der Waals surface area contributed by atoms with Crippen LogP contribution in [0.5, 0.6) is 0 Å². The summed E-state index contributed by atoms with van der Waals surface area (Å²) in [6.07, 6.45) is 2.25. The monoisotopic (exact) mass is 211 g/mol. The van der Waals surface area contributed by atoms with Crippen LogP contribution < -0.4 is 5.32 Å². The van der Waals surface area contributed by atoms with Gasteiger partial charge in [0.1, 0.15) is 0 Å². The van der Waals surface area contributed by atoms with Gasteiger partial charge < -0.3 is 5.32 Å². The summed E-state index contributed by atoms with van der Waals surface area (Å²) < 4.78 is 0. The number of halogens is 1. The van der Waals surface area contributed by atoms with Crippen molar-refractivity contribution in [2.24, 2.45) is 0 Å². The van der Waals surface area contributed by atoms with E-state index in [4.69, 9.17) is 11.6 Å². The van der Waals surface area contributed by atoms with Crippen LogP contribution >= 0.6 is 11.6 Å². The van der Waals surface area contributed by atoms with Gasteiger partial charge in [0.25, 0.3) is 0 Å².